The van der Waals surface area contributed by atoms with E-state index in [4.69, 9.17) is 0 Å². The highest BCUT2D eigenvalue weighted by Crippen LogP contribution is 2.36. The predicted octanol–water partition coefficient (Wildman–Crippen LogP) is 3.42. The fraction of sp³-hybridized carbons (Fsp3) is 0.100. The summed E-state index contributed by atoms with van der Waals surface area (Å²) in [7, 11) is 0. The standard InChI is InChI=1S/C10H8F3NOS/c1-2-9(15)14-7-3-5-8(6-4-7)16-10(11,12)13/h2-6H,1H2,(H,14,15). The maximum absolute atomic E-state index is 12.0. The van der Waals surface area contributed by atoms with Crippen LogP contribution in [0.15, 0.2) is 41.8 Å². The van der Waals surface area contributed by atoms with Crippen LogP contribution in [0.5, 0.6) is 0 Å². The van der Waals surface area contributed by atoms with E-state index in [2.05, 4.69) is 11.9 Å². The van der Waals surface area contributed by atoms with Crippen molar-refractivity contribution < 1.29 is 18.0 Å². The quantitative estimate of drug-likeness (QED) is 0.655. The fourth-order valence-electron chi connectivity index (χ4n) is 0.933. The van der Waals surface area contributed by atoms with Gasteiger partial charge in [0, 0.05) is 10.6 Å². The third kappa shape index (κ3) is 4.39. The van der Waals surface area contributed by atoms with Crippen LogP contribution in [0.4, 0.5) is 18.9 Å². The van der Waals surface area contributed by atoms with E-state index in [0.717, 1.165) is 6.08 Å². The van der Waals surface area contributed by atoms with E-state index >= 15 is 0 Å². The molecule has 0 radical (unpaired) electrons. The van der Waals surface area contributed by atoms with Gasteiger partial charge >= 0.3 is 5.51 Å². The van der Waals surface area contributed by atoms with Crippen molar-refractivity contribution in [3.8, 4) is 0 Å². The van der Waals surface area contributed by atoms with Gasteiger partial charge in [-0.15, -0.1) is 0 Å². The summed E-state index contributed by atoms with van der Waals surface area (Å²) < 4.78 is 36.0. The molecule has 0 heterocycles. The number of amides is 1. The number of carbonyl (C=O) groups excluding carboxylic acids is 1. The second kappa shape index (κ2) is 5.07. The summed E-state index contributed by atoms with van der Waals surface area (Å²) in [5, 5.41) is 2.43. The van der Waals surface area contributed by atoms with Gasteiger partial charge in [-0.3, -0.25) is 4.79 Å². The van der Waals surface area contributed by atoms with Crippen LogP contribution in [-0.4, -0.2) is 11.4 Å². The molecule has 1 N–H and O–H groups in total. The zero-order valence-electron chi connectivity index (χ0n) is 8.04. The second-order valence-corrected chi connectivity index (χ2v) is 3.90. The summed E-state index contributed by atoms with van der Waals surface area (Å²) in [5.74, 6) is -0.406. The molecule has 0 bridgehead atoms. The number of halogens is 3. The molecule has 1 rings (SSSR count). The number of hydrogen-bond acceptors (Lipinski definition) is 2. The molecule has 0 saturated heterocycles. The summed E-state index contributed by atoms with van der Waals surface area (Å²) in [5.41, 5.74) is -3.87. The largest absolute Gasteiger partial charge is 0.446 e. The lowest BCUT2D eigenvalue weighted by Gasteiger charge is -2.06. The average molecular weight is 247 g/mol. The predicted molar refractivity (Wildman–Crippen MR) is 57.2 cm³/mol. The number of alkyl halides is 3. The third-order valence-electron chi connectivity index (χ3n) is 1.54. The van der Waals surface area contributed by atoms with Crippen LogP contribution in [0, 0.1) is 0 Å². The summed E-state index contributed by atoms with van der Waals surface area (Å²) >= 11 is -0.199. The van der Waals surface area contributed by atoms with Crippen molar-refractivity contribution >= 4 is 23.4 Å². The van der Waals surface area contributed by atoms with Crippen LogP contribution in [0.3, 0.4) is 0 Å². The summed E-state index contributed by atoms with van der Waals surface area (Å²) in [6.07, 6.45) is 1.08. The molecule has 0 aliphatic heterocycles. The smallest absolute Gasteiger partial charge is 0.323 e. The maximum Gasteiger partial charge on any atom is 0.446 e. The van der Waals surface area contributed by atoms with Crippen LogP contribution < -0.4 is 5.32 Å². The van der Waals surface area contributed by atoms with Gasteiger partial charge < -0.3 is 5.32 Å². The summed E-state index contributed by atoms with van der Waals surface area (Å²) in [6.45, 7) is 3.26. The molecule has 0 aromatic heterocycles. The molecule has 0 fully saturated rings. The van der Waals surface area contributed by atoms with Crippen LogP contribution in [0.1, 0.15) is 0 Å². The van der Waals surface area contributed by atoms with Crippen LogP contribution >= 0.6 is 11.8 Å². The number of rotatable bonds is 3. The number of anilines is 1. The number of thioether (sulfide) groups is 1. The lowest BCUT2D eigenvalue weighted by Crippen LogP contribution is -2.07. The molecule has 86 valence electrons. The molecule has 16 heavy (non-hydrogen) atoms. The van der Waals surface area contributed by atoms with E-state index in [1.54, 1.807) is 0 Å². The van der Waals surface area contributed by atoms with Crippen molar-refractivity contribution in [3.63, 3.8) is 0 Å². The molecule has 1 amide bonds. The van der Waals surface area contributed by atoms with E-state index in [0.29, 0.717) is 5.69 Å². The molecule has 0 aliphatic carbocycles. The first-order valence-electron chi connectivity index (χ1n) is 4.20. The van der Waals surface area contributed by atoms with E-state index in [1.807, 2.05) is 0 Å². The number of benzene rings is 1. The first-order chi connectivity index (χ1) is 7.40. The van der Waals surface area contributed by atoms with Gasteiger partial charge in [0.2, 0.25) is 5.91 Å². The Morgan fingerprint density at radius 2 is 1.88 bits per heavy atom. The Hall–Kier alpha value is -1.43. The number of hydrogen-bond donors (Lipinski definition) is 1. The maximum atomic E-state index is 12.0. The van der Waals surface area contributed by atoms with Gasteiger partial charge in [0.15, 0.2) is 0 Å². The Morgan fingerprint density at radius 3 is 2.31 bits per heavy atom. The van der Waals surface area contributed by atoms with Crippen molar-refractivity contribution in [2.24, 2.45) is 0 Å². The molecule has 0 unspecified atom stereocenters. The number of nitrogens with one attached hydrogen (secondary N) is 1. The van der Waals surface area contributed by atoms with Crippen LogP contribution in [-0.2, 0) is 4.79 Å². The minimum atomic E-state index is -4.30. The minimum Gasteiger partial charge on any atom is -0.323 e. The van der Waals surface area contributed by atoms with Crippen molar-refractivity contribution in [2.45, 2.75) is 10.4 Å². The lowest BCUT2D eigenvalue weighted by atomic mass is 10.3. The highest BCUT2D eigenvalue weighted by molar-refractivity contribution is 8.00. The molecular formula is C10H8F3NOS. The van der Waals surface area contributed by atoms with E-state index in [9.17, 15) is 18.0 Å². The lowest BCUT2D eigenvalue weighted by molar-refractivity contribution is -0.111. The van der Waals surface area contributed by atoms with Crippen molar-refractivity contribution in [1.29, 1.82) is 0 Å². The van der Waals surface area contributed by atoms with Crippen molar-refractivity contribution in [3.05, 3.63) is 36.9 Å². The molecule has 0 spiro atoms. The normalized spacial score (nSPS) is 10.9. The van der Waals surface area contributed by atoms with Gasteiger partial charge in [0.05, 0.1) is 0 Å². The Morgan fingerprint density at radius 1 is 1.31 bits per heavy atom. The van der Waals surface area contributed by atoms with Crippen molar-refractivity contribution in [2.75, 3.05) is 5.32 Å². The highest BCUT2D eigenvalue weighted by atomic mass is 32.2. The van der Waals surface area contributed by atoms with Crippen molar-refractivity contribution in [1.82, 2.24) is 0 Å². The molecule has 2 nitrogen and oxygen atoms in total. The Bertz CT molecular complexity index is 386. The first kappa shape index (κ1) is 12.6. The molecule has 6 heteroatoms. The monoisotopic (exact) mass is 247 g/mol. The van der Waals surface area contributed by atoms with Gasteiger partial charge in [-0.05, 0) is 42.1 Å². The fourth-order valence-corrected chi connectivity index (χ4v) is 1.47. The van der Waals surface area contributed by atoms with Crippen LogP contribution in [0.25, 0.3) is 0 Å². The van der Waals surface area contributed by atoms with Gasteiger partial charge in [-0.1, -0.05) is 6.58 Å². The molecule has 0 atom stereocenters. The van der Waals surface area contributed by atoms with Crippen LogP contribution in [0.2, 0.25) is 0 Å². The summed E-state index contributed by atoms with van der Waals surface area (Å²) in [4.78, 5) is 11.0. The molecule has 0 saturated carbocycles. The zero-order valence-corrected chi connectivity index (χ0v) is 8.86. The van der Waals surface area contributed by atoms with Gasteiger partial charge in [0.1, 0.15) is 0 Å². The Balaban J connectivity index is 2.68. The van der Waals surface area contributed by atoms with E-state index in [1.165, 1.54) is 24.3 Å². The van der Waals surface area contributed by atoms with Gasteiger partial charge in [-0.25, -0.2) is 0 Å². The molecule has 1 aromatic rings. The van der Waals surface area contributed by atoms with Gasteiger partial charge in [-0.2, -0.15) is 13.2 Å². The van der Waals surface area contributed by atoms with E-state index in [-0.39, 0.29) is 16.7 Å². The molecule has 1 aromatic carbocycles. The number of carbonyl (C=O) groups is 1. The Kier molecular flexibility index (Phi) is 4.00. The van der Waals surface area contributed by atoms with E-state index < -0.39 is 11.4 Å². The minimum absolute atomic E-state index is 0.0732. The summed E-state index contributed by atoms with van der Waals surface area (Å²) in [6, 6.07) is 5.37. The third-order valence-corrected chi connectivity index (χ3v) is 2.28. The second-order valence-electron chi connectivity index (χ2n) is 2.77. The highest BCUT2D eigenvalue weighted by Gasteiger charge is 2.28. The topological polar surface area (TPSA) is 29.1 Å². The average Bonchev–Trinajstić information content (AvgIpc) is 2.18. The Labute approximate surface area is 94.5 Å². The molecular weight excluding hydrogens is 239 g/mol. The molecule has 0 aliphatic rings. The zero-order chi connectivity index (χ0) is 12.2. The van der Waals surface area contributed by atoms with Gasteiger partial charge in [0.25, 0.3) is 0 Å². The first-order valence-corrected chi connectivity index (χ1v) is 5.01. The SMILES string of the molecule is C=CC(=O)Nc1ccc(SC(F)(F)F)cc1.